The Hall–Kier alpha value is -3.53. The van der Waals surface area contributed by atoms with Crippen molar-refractivity contribution in [1.82, 2.24) is 0 Å². The quantitative estimate of drug-likeness (QED) is 0.609. The van der Waals surface area contributed by atoms with Crippen molar-refractivity contribution >= 4 is 17.7 Å². The van der Waals surface area contributed by atoms with Crippen LogP contribution in [0.3, 0.4) is 0 Å². The van der Waals surface area contributed by atoms with E-state index < -0.39 is 0 Å². The summed E-state index contributed by atoms with van der Waals surface area (Å²) in [5, 5.41) is 2.81. The van der Waals surface area contributed by atoms with E-state index in [-0.39, 0.29) is 5.91 Å². The van der Waals surface area contributed by atoms with Crippen LogP contribution in [-0.4, -0.2) is 13.0 Å². The molecule has 0 spiro atoms. The van der Waals surface area contributed by atoms with Crippen LogP contribution < -0.4 is 14.8 Å². The monoisotopic (exact) mass is 359 g/mol. The maximum Gasteiger partial charge on any atom is 0.248 e. The summed E-state index contributed by atoms with van der Waals surface area (Å²) in [7, 11) is 1.60. The minimum Gasteiger partial charge on any atom is -0.493 e. The summed E-state index contributed by atoms with van der Waals surface area (Å²) < 4.78 is 11.3. The molecule has 0 aromatic heterocycles. The molecule has 0 heterocycles. The molecule has 0 aliphatic carbocycles. The predicted molar refractivity (Wildman–Crippen MR) is 108 cm³/mol. The van der Waals surface area contributed by atoms with E-state index in [1.807, 2.05) is 78.9 Å². The van der Waals surface area contributed by atoms with Crippen molar-refractivity contribution in [2.75, 3.05) is 12.4 Å². The molecule has 0 radical (unpaired) electrons. The number of hydrogen-bond donors (Lipinski definition) is 1. The molecular weight excluding hydrogens is 338 g/mol. The topological polar surface area (TPSA) is 47.6 Å². The van der Waals surface area contributed by atoms with Gasteiger partial charge in [0.1, 0.15) is 6.61 Å². The van der Waals surface area contributed by atoms with Crippen molar-refractivity contribution in [3.05, 3.63) is 96.1 Å². The molecule has 0 bridgehead atoms. The van der Waals surface area contributed by atoms with E-state index in [0.717, 1.165) is 16.8 Å². The van der Waals surface area contributed by atoms with Crippen molar-refractivity contribution in [1.29, 1.82) is 0 Å². The van der Waals surface area contributed by atoms with E-state index in [1.54, 1.807) is 13.2 Å². The van der Waals surface area contributed by atoms with Crippen LogP contribution in [0, 0.1) is 0 Å². The zero-order valence-corrected chi connectivity index (χ0v) is 15.1. The molecule has 0 saturated heterocycles. The zero-order chi connectivity index (χ0) is 18.9. The molecule has 0 unspecified atom stereocenters. The summed E-state index contributed by atoms with van der Waals surface area (Å²) in [6.45, 7) is 0.464. The number of hydrogen-bond acceptors (Lipinski definition) is 3. The van der Waals surface area contributed by atoms with Crippen LogP contribution in [0.4, 0.5) is 5.69 Å². The van der Waals surface area contributed by atoms with Gasteiger partial charge >= 0.3 is 0 Å². The van der Waals surface area contributed by atoms with Gasteiger partial charge in [0.2, 0.25) is 5.91 Å². The van der Waals surface area contributed by atoms with Crippen LogP contribution in [0.25, 0.3) is 6.08 Å². The summed E-state index contributed by atoms with van der Waals surface area (Å²) >= 11 is 0. The minimum atomic E-state index is -0.190. The number of amides is 1. The van der Waals surface area contributed by atoms with Gasteiger partial charge in [0.15, 0.2) is 11.5 Å². The lowest BCUT2D eigenvalue weighted by Gasteiger charge is -2.11. The molecule has 0 fully saturated rings. The number of ether oxygens (including phenoxy) is 2. The molecular formula is C23H21NO3. The van der Waals surface area contributed by atoms with Crippen molar-refractivity contribution in [3.63, 3.8) is 0 Å². The van der Waals surface area contributed by atoms with E-state index in [2.05, 4.69) is 5.32 Å². The molecule has 3 rings (SSSR count). The van der Waals surface area contributed by atoms with Gasteiger partial charge in [-0.3, -0.25) is 4.79 Å². The number of carbonyl (C=O) groups excluding carboxylic acids is 1. The van der Waals surface area contributed by atoms with Crippen LogP contribution in [0.2, 0.25) is 0 Å². The van der Waals surface area contributed by atoms with E-state index in [9.17, 15) is 4.79 Å². The first-order valence-corrected chi connectivity index (χ1v) is 8.63. The molecule has 1 N–H and O–H groups in total. The maximum absolute atomic E-state index is 12.0. The molecule has 3 aromatic carbocycles. The van der Waals surface area contributed by atoms with Gasteiger partial charge in [-0.25, -0.2) is 0 Å². The van der Waals surface area contributed by atoms with Gasteiger partial charge < -0.3 is 14.8 Å². The first-order chi connectivity index (χ1) is 13.2. The highest BCUT2D eigenvalue weighted by molar-refractivity contribution is 6.01. The van der Waals surface area contributed by atoms with E-state index >= 15 is 0 Å². The molecule has 136 valence electrons. The number of rotatable bonds is 7. The zero-order valence-electron chi connectivity index (χ0n) is 15.1. The van der Waals surface area contributed by atoms with Crippen molar-refractivity contribution in [2.45, 2.75) is 6.61 Å². The molecule has 0 atom stereocenters. The van der Waals surface area contributed by atoms with Crippen LogP contribution in [0.15, 0.2) is 84.9 Å². The standard InChI is InChI=1S/C23H21NO3/c1-26-22-16-18(13-15-23(25)24-20-10-6-3-7-11-20)12-14-21(22)27-17-19-8-4-2-5-9-19/h2-16H,17H2,1H3,(H,24,25). The average Bonchev–Trinajstić information content (AvgIpc) is 2.72. The number of anilines is 1. The maximum atomic E-state index is 12.0. The molecule has 1 amide bonds. The summed E-state index contributed by atoms with van der Waals surface area (Å²) in [6, 6.07) is 24.8. The molecule has 0 saturated carbocycles. The van der Waals surface area contributed by atoms with Gasteiger partial charge in [0, 0.05) is 11.8 Å². The lowest BCUT2D eigenvalue weighted by atomic mass is 10.2. The largest absolute Gasteiger partial charge is 0.493 e. The van der Waals surface area contributed by atoms with Gasteiger partial charge in [-0.2, -0.15) is 0 Å². The Labute approximate surface area is 159 Å². The molecule has 0 aliphatic rings. The third kappa shape index (κ3) is 5.47. The first-order valence-electron chi connectivity index (χ1n) is 8.63. The van der Waals surface area contributed by atoms with Crippen LogP contribution >= 0.6 is 0 Å². The summed E-state index contributed by atoms with van der Waals surface area (Å²) in [5.41, 5.74) is 2.69. The third-order valence-electron chi connectivity index (χ3n) is 3.89. The number of para-hydroxylation sites is 1. The number of nitrogens with one attached hydrogen (secondary N) is 1. The van der Waals surface area contributed by atoms with Crippen molar-refractivity contribution in [3.8, 4) is 11.5 Å². The van der Waals surface area contributed by atoms with Crippen LogP contribution in [0.5, 0.6) is 11.5 Å². The lowest BCUT2D eigenvalue weighted by molar-refractivity contribution is -0.111. The Kier molecular flexibility index (Phi) is 6.26. The fraction of sp³-hybridized carbons (Fsp3) is 0.0870. The minimum absolute atomic E-state index is 0.190. The van der Waals surface area contributed by atoms with E-state index in [0.29, 0.717) is 18.1 Å². The lowest BCUT2D eigenvalue weighted by Crippen LogP contribution is -2.07. The fourth-order valence-electron chi connectivity index (χ4n) is 2.52. The van der Waals surface area contributed by atoms with Gasteiger partial charge in [-0.15, -0.1) is 0 Å². The third-order valence-corrected chi connectivity index (χ3v) is 3.89. The second-order valence-electron chi connectivity index (χ2n) is 5.87. The van der Waals surface area contributed by atoms with Crippen LogP contribution in [-0.2, 0) is 11.4 Å². The second kappa shape index (κ2) is 9.25. The van der Waals surface area contributed by atoms with Gasteiger partial charge in [0.25, 0.3) is 0 Å². The highest BCUT2D eigenvalue weighted by Gasteiger charge is 2.06. The normalized spacial score (nSPS) is 10.6. The van der Waals surface area contributed by atoms with Crippen molar-refractivity contribution in [2.24, 2.45) is 0 Å². The Morgan fingerprint density at radius 2 is 1.63 bits per heavy atom. The second-order valence-corrected chi connectivity index (χ2v) is 5.87. The predicted octanol–water partition coefficient (Wildman–Crippen LogP) is 4.93. The number of carbonyl (C=O) groups is 1. The molecule has 3 aromatic rings. The highest BCUT2D eigenvalue weighted by Crippen LogP contribution is 2.29. The smallest absolute Gasteiger partial charge is 0.248 e. The van der Waals surface area contributed by atoms with Crippen LogP contribution in [0.1, 0.15) is 11.1 Å². The Morgan fingerprint density at radius 3 is 2.33 bits per heavy atom. The summed E-state index contributed by atoms with van der Waals surface area (Å²) in [5.74, 6) is 1.09. The van der Waals surface area contributed by atoms with E-state index in [4.69, 9.17) is 9.47 Å². The molecule has 0 aliphatic heterocycles. The van der Waals surface area contributed by atoms with Gasteiger partial charge in [0.05, 0.1) is 7.11 Å². The Bertz CT molecular complexity index is 905. The number of benzene rings is 3. The fourth-order valence-corrected chi connectivity index (χ4v) is 2.52. The summed E-state index contributed by atoms with van der Waals surface area (Å²) in [6.07, 6.45) is 3.23. The van der Waals surface area contributed by atoms with E-state index in [1.165, 1.54) is 6.08 Å². The van der Waals surface area contributed by atoms with Gasteiger partial charge in [-0.05, 0) is 41.5 Å². The molecule has 27 heavy (non-hydrogen) atoms. The SMILES string of the molecule is COc1cc(C=CC(=O)Nc2ccccc2)ccc1OCc1ccccc1. The molecule has 4 nitrogen and oxygen atoms in total. The highest BCUT2D eigenvalue weighted by atomic mass is 16.5. The Balaban J connectivity index is 1.63. The van der Waals surface area contributed by atoms with Crippen molar-refractivity contribution < 1.29 is 14.3 Å². The summed E-state index contributed by atoms with van der Waals surface area (Å²) in [4.78, 5) is 12.0. The Morgan fingerprint density at radius 1 is 0.926 bits per heavy atom. The average molecular weight is 359 g/mol. The number of methoxy groups -OCH3 is 1. The van der Waals surface area contributed by atoms with Gasteiger partial charge in [-0.1, -0.05) is 54.6 Å². The first kappa shape index (κ1) is 18.3. The molecule has 4 heteroatoms.